The zero-order valence-corrected chi connectivity index (χ0v) is 16.9. The van der Waals surface area contributed by atoms with E-state index >= 15 is 0 Å². The first-order valence-corrected chi connectivity index (χ1v) is 11.3. The molecule has 3 rings (SSSR count). The van der Waals surface area contributed by atoms with Crippen molar-refractivity contribution < 1.29 is 22.5 Å². The maximum absolute atomic E-state index is 12.6. The van der Waals surface area contributed by atoms with Crippen molar-refractivity contribution in [2.45, 2.75) is 38.3 Å². The van der Waals surface area contributed by atoms with Gasteiger partial charge in [0.1, 0.15) is 0 Å². The van der Waals surface area contributed by atoms with Crippen molar-refractivity contribution in [1.82, 2.24) is 15.5 Å². The van der Waals surface area contributed by atoms with Crippen LogP contribution >= 0.6 is 0 Å². The largest absolute Gasteiger partial charge is 0.344 e. The van der Waals surface area contributed by atoms with Crippen LogP contribution in [0.4, 0.5) is 0 Å². The molecule has 0 spiro atoms. The van der Waals surface area contributed by atoms with E-state index in [4.69, 9.17) is 10.3 Å². The first-order chi connectivity index (χ1) is 13.8. The van der Waals surface area contributed by atoms with Gasteiger partial charge in [-0.2, -0.15) is 4.98 Å². The number of nitrogens with zero attached hydrogens (tertiary/aromatic N) is 2. The Bertz CT molecular complexity index is 969. The van der Waals surface area contributed by atoms with Crippen LogP contribution in [0.25, 0.3) is 11.4 Å². The van der Waals surface area contributed by atoms with Crippen molar-refractivity contribution in [3.05, 3.63) is 36.2 Å². The summed E-state index contributed by atoms with van der Waals surface area (Å²) in [5.74, 6) is -1.44. The summed E-state index contributed by atoms with van der Waals surface area (Å²) in [4.78, 5) is 29.1. The lowest BCUT2D eigenvalue weighted by molar-refractivity contribution is -0.122. The third kappa shape index (κ3) is 5.70. The van der Waals surface area contributed by atoms with Gasteiger partial charge in [0.25, 0.3) is 5.89 Å². The minimum atomic E-state index is -3.42. The van der Waals surface area contributed by atoms with Crippen molar-refractivity contribution in [2.24, 2.45) is 11.7 Å². The van der Waals surface area contributed by atoms with Crippen LogP contribution in [0.2, 0.25) is 0 Å². The van der Waals surface area contributed by atoms with Crippen LogP contribution in [0.3, 0.4) is 0 Å². The molecule has 1 aromatic carbocycles. The Hall–Kier alpha value is -2.59. The summed E-state index contributed by atoms with van der Waals surface area (Å²) in [5, 5.41) is 6.30. The Morgan fingerprint density at radius 1 is 1.28 bits per heavy atom. The van der Waals surface area contributed by atoms with E-state index in [1.165, 1.54) is 0 Å². The van der Waals surface area contributed by atoms with Crippen LogP contribution in [0.15, 0.2) is 34.9 Å². The number of carbonyl (C=O) groups excluding carboxylic acids is 2. The lowest BCUT2D eigenvalue weighted by Gasteiger charge is -2.17. The Balaban J connectivity index is 1.62. The molecule has 2 atom stereocenters. The van der Waals surface area contributed by atoms with Gasteiger partial charge in [-0.1, -0.05) is 42.4 Å². The quantitative estimate of drug-likeness (QED) is 0.541. The number of ketones is 1. The minimum Gasteiger partial charge on any atom is -0.344 e. The van der Waals surface area contributed by atoms with Crippen LogP contribution in [0, 0.1) is 5.92 Å². The number of nitrogens with one attached hydrogen (secondary N) is 1. The molecular formula is C19H24N4O5S. The van der Waals surface area contributed by atoms with Gasteiger partial charge in [0.05, 0.1) is 23.6 Å². The third-order valence-electron chi connectivity index (χ3n) is 4.67. The second-order valence-electron chi connectivity index (χ2n) is 7.25. The predicted molar refractivity (Wildman–Crippen MR) is 106 cm³/mol. The average Bonchev–Trinajstić information content (AvgIpc) is 3.35. The number of benzene rings is 1. The molecule has 0 radical (unpaired) electrons. The normalized spacial score (nSPS) is 16.2. The Morgan fingerprint density at radius 2 is 1.97 bits per heavy atom. The molecule has 0 aliphatic heterocycles. The maximum atomic E-state index is 12.6. The van der Waals surface area contributed by atoms with Crippen molar-refractivity contribution in [3.63, 3.8) is 0 Å². The lowest BCUT2D eigenvalue weighted by atomic mass is 10.1. The maximum Gasteiger partial charge on any atom is 0.296 e. The number of sulfone groups is 1. The van der Waals surface area contributed by atoms with E-state index in [9.17, 15) is 18.0 Å². The predicted octanol–water partition coefficient (Wildman–Crippen LogP) is 0.966. The van der Waals surface area contributed by atoms with Gasteiger partial charge in [-0.25, -0.2) is 8.42 Å². The second kappa shape index (κ2) is 8.83. The second-order valence-corrected chi connectivity index (χ2v) is 9.40. The van der Waals surface area contributed by atoms with Gasteiger partial charge >= 0.3 is 0 Å². The molecule has 1 saturated carbocycles. The minimum absolute atomic E-state index is 0.0500. The number of Topliss-reactive ketones (excluding diaryl/α,β-unsaturated/α-hetero) is 1. The van der Waals surface area contributed by atoms with E-state index in [1.807, 2.05) is 6.07 Å². The number of amides is 1. The zero-order chi connectivity index (χ0) is 21.0. The first-order valence-electron chi connectivity index (χ1n) is 9.48. The molecule has 10 heteroatoms. The summed E-state index contributed by atoms with van der Waals surface area (Å²) in [6.07, 6.45) is 2.04. The van der Waals surface area contributed by atoms with E-state index < -0.39 is 39.4 Å². The Labute approximate surface area is 169 Å². The zero-order valence-electron chi connectivity index (χ0n) is 16.1. The van der Waals surface area contributed by atoms with Crippen LogP contribution in [0.1, 0.15) is 36.9 Å². The van der Waals surface area contributed by atoms with Gasteiger partial charge in [0.15, 0.2) is 9.84 Å². The van der Waals surface area contributed by atoms with E-state index in [0.29, 0.717) is 5.56 Å². The van der Waals surface area contributed by atoms with E-state index in [2.05, 4.69) is 15.5 Å². The summed E-state index contributed by atoms with van der Waals surface area (Å²) in [6, 6.07) is 6.82. The van der Waals surface area contributed by atoms with Crippen molar-refractivity contribution in [3.8, 4) is 11.4 Å². The number of hydrogen-bond donors (Lipinski definition) is 2. The molecule has 1 fully saturated rings. The number of carbonyl (C=O) groups is 2. The summed E-state index contributed by atoms with van der Waals surface area (Å²) in [6.45, 7) is 1.70. The van der Waals surface area contributed by atoms with Crippen LogP contribution in [0.5, 0.6) is 0 Å². The summed E-state index contributed by atoms with van der Waals surface area (Å²) >= 11 is 0. The number of aromatic nitrogens is 2. The van der Waals surface area contributed by atoms with Crippen molar-refractivity contribution in [2.75, 3.05) is 11.5 Å². The summed E-state index contributed by atoms with van der Waals surface area (Å²) in [5.41, 5.74) is 6.46. The van der Waals surface area contributed by atoms with E-state index in [1.54, 1.807) is 31.2 Å². The fraction of sp³-hybridized carbons (Fsp3) is 0.474. The topological polar surface area (TPSA) is 145 Å². The SMILES string of the molecule is CCC(NC(=O)C(N)CS(=O)(=O)CC1CC1)C(=O)c1nc(-c2ccccc2)no1. The highest BCUT2D eigenvalue weighted by molar-refractivity contribution is 7.91. The van der Waals surface area contributed by atoms with Crippen LogP contribution in [-0.4, -0.2) is 53.8 Å². The molecule has 9 nitrogen and oxygen atoms in total. The van der Waals surface area contributed by atoms with Gasteiger partial charge in [0, 0.05) is 5.56 Å². The molecule has 1 amide bonds. The molecule has 29 heavy (non-hydrogen) atoms. The fourth-order valence-corrected chi connectivity index (χ4v) is 4.76. The van der Waals surface area contributed by atoms with Gasteiger partial charge in [-0.05, 0) is 25.2 Å². The Kier molecular flexibility index (Phi) is 6.43. The van der Waals surface area contributed by atoms with Gasteiger partial charge in [-0.3, -0.25) is 9.59 Å². The highest BCUT2D eigenvalue weighted by atomic mass is 32.2. The molecule has 1 aliphatic rings. The Morgan fingerprint density at radius 3 is 2.59 bits per heavy atom. The summed E-state index contributed by atoms with van der Waals surface area (Å²) in [7, 11) is -3.42. The smallest absolute Gasteiger partial charge is 0.296 e. The standard InChI is InChI=1S/C19H24N4O5S/c1-2-15(21-18(25)14(20)11-29(26,27)10-12-8-9-12)16(24)19-22-17(23-28-19)13-6-4-3-5-7-13/h3-7,12,14-15H,2,8-11,20H2,1H3,(H,21,25). The van der Waals surface area contributed by atoms with E-state index in [0.717, 1.165) is 12.8 Å². The highest BCUT2D eigenvalue weighted by Crippen LogP contribution is 2.30. The molecule has 0 bridgehead atoms. The summed E-state index contributed by atoms with van der Waals surface area (Å²) < 4.78 is 29.2. The molecule has 2 aromatic rings. The number of rotatable bonds is 10. The van der Waals surface area contributed by atoms with Gasteiger partial charge in [-0.15, -0.1) is 0 Å². The van der Waals surface area contributed by atoms with Crippen molar-refractivity contribution >= 4 is 21.5 Å². The first kappa shape index (κ1) is 21.1. The van der Waals surface area contributed by atoms with Crippen molar-refractivity contribution in [1.29, 1.82) is 0 Å². The fourth-order valence-electron chi connectivity index (χ4n) is 2.87. The molecule has 1 aliphatic carbocycles. The molecule has 0 saturated heterocycles. The van der Waals surface area contributed by atoms with Gasteiger partial charge < -0.3 is 15.6 Å². The monoisotopic (exact) mass is 420 g/mol. The van der Waals surface area contributed by atoms with E-state index in [-0.39, 0.29) is 29.8 Å². The highest BCUT2D eigenvalue weighted by Gasteiger charge is 2.32. The molecule has 1 heterocycles. The molecule has 3 N–H and O–H groups in total. The lowest BCUT2D eigenvalue weighted by Crippen LogP contribution is -2.50. The third-order valence-corrected chi connectivity index (χ3v) is 6.51. The number of nitrogens with two attached hydrogens (primary N) is 1. The molecular weight excluding hydrogens is 396 g/mol. The van der Waals surface area contributed by atoms with Crippen LogP contribution < -0.4 is 11.1 Å². The average molecular weight is 420 g/mol. The van der Waals surface area contributed by atoms with Gasteiger partial charge in [0.2, 0.25) is 17.5 Å². The molecule has 156 valence electrons. The number of hydrogen-bond acceptors (Lipinski definition) is 8. The molecule has 1 aromatic heterocycles. The van der Waals surface area contributed by atoms with Crippen LogP contribution in [-0.2, 0) is 14.6 Å². The molecule has 2 unspecified atom stereocenters.